The van der Waals surface area contributed by atoms with Crippen LogP contribution in [0.25, 0.3) is 33.9 Å². The average molecular weight is 401 g/mol. The van der Waals surface area contributed by atoms with Crippen molar-refractivity contribution in [1.29, 1.82) is 0 Å². The molecule has 0 spiro atoms. The topological polar surface area (TPSA) is 46.0 Å². The lowest BCUT2D eigenvalue weighted by molar-refractivity contribution is 0.0792. The molecule has 4 heteroatoms. The van der Waals surface area contributed by atoms with Gasteiger partial charge >= 0.3 is 0 Å². The lowest BCUT2D eigenvalue weighted by atomic mass is 9.91. The number of hydrogen-bond donors (Lipinski definition) is 1. The zero-order chi connectivity index (χ0) is 20.4. The highest BCUT2D eigenvalue weighted by Gasteiger charge is 2.23. The highest BCUT2D eigenvalue weighted by atomic mass is 35.5. The van der Waals surface area contributed by atoms with Crippen molar-refractivity contribution < 1.29 is 5.11 Å². The third-order valence-corrected chi connectivity index (χ3v) is 4.98. The Bertz CT molecular complexity index is 1080. The molecule has 0 aliphatic carbocycles. The van der Waals surface area contributed by atoms with Crippen molar-refractivity contribution in [2.45, 2.75) is 19.4 Å². The fourth-order valence-electron chi connectivity index (χ4n) is 3.30. The van der Waals surface area contributed by atoms with Crippen molar-refractivity contribution in [2.24, 2.45) is 0 Å². The molecule has 0 unspecified atom stereocenters. The van der Waals surface area contributed by atoms with Crippen LogP contribution in [0.3, 0.4) is 0 Å². The Balaban J connectivity index is 1.97. The summed E-state index contributed by atoms with van der Waals surface area (Å²) in [4.78, 5) is 9.65. The van der Waals surface area contributed by atoms with Crippen LogP contribution < -0.4 is 0 Å². The number of nitrogens with zero attached hydrogens (tertiary/aromatic N) is 2. The van der Waals surface area contributed by atoms with E-state index in [1.54, 1.807) is 19.9 Å². The second-order valence-corrected chi connectivity index (χ2v) is 7.88. The van der Waals surface area contributed by atoms with Crippen LogP contribution in [0.2, 0.25) is 5.02 Å². The van der Waals surface area contributed by atoms with E-state index in [0.717, 1.165) is 33.6 Å². The van der Waals surface area contributed by atoms with E-state index in [0.29, 0.717) is 10.8 Å². The van der Waals surface area contributed by atoms with Crippen LogP contribution in [0.4, 0.5) is 0 Å². The first kappa shape index (κ1) is 19.3. The largest absolute Gasteiger partial charge is 0.386 e. The zero-order valence-electron chi connectivity index (χ0n) is 16.3. The van der Waals surface area contributed by atoms with Gasteiger partial charge in [0.15, 0.2) is 5.82 Å². The quantitative estimate of drug-likeness (QED) is 0.433. The molecule has 29 heavy (non-hydrogen) atoms. The van der Waals surface area contributed by atoms with Crippen LogP contribution in [-0.2, 0) is 5.60 Å². The minimum Gasteiger partial charge on any atom is -0.386 e. The highest BCUT2D eigenvalue weighted by Crippen LogP contribution is 2.35. The number of rotatable bonds is 4. The Labute approximate surface area is 175 Å². The van der Waals surface area contributed by atoms with Crippen molar-refractivity contribution in [3.05, 3.63) is 95.5 Å². The molecule has 1 N–H and O–H groups in total. The van der Waals surface area contributed by atoms with E-state index in [4.69, 9.17) is 21.6 Å². The molecule has 0 aliphatic rings. The first-order valence-electron chi connectivity index (χ1n) is 9.44. The van der Waals surface area contributed by atoms with Gasteiger partial charge in [-0.2, -0.15) is 0 Å². The lowest BCUT2D eigenvalue weighted by Gasteiger charge is -2.22. The van der Waals surface area contributed by atoms with Gasteiger partial charge in [0, 0.05) is 21.7 Å². The Morgan fingerprint density at radius 3 is 1.93 bits per heavy atom. The molecule has 0 saturated carbocycles. The van der Waals surface area contributed by atoms with Crippen molar-refractivity contribution in [2.75, 3.05) is 0 Å². The number of halogens is 1. The summed E-state index contributed by atoms with van der Waals surface area (Å²) in [6.07, 6.45) is 0. The Kier molecular flexibility index (Phi) is 5.18. The van der Waals surface area contributed by atoms with Crippen LogP contribution in [0, 0.1) is 0 Å². The van der Waals surface area contributed by atoms with Gasteiger partial charge in [0.25, 0.3) is 0 Å². The third-order valence-electron chi connectivity index (χ3n) is 4.74. The van der Waals surface area contributed by atoms with Crippen molar-refractivity contribution in [3.8, 4) is 33.9 Å². The average Bonchev–Trinajstić information content (AvgIpc) is 2.74. The van der Waals surface area contributed by atoms with E-state index < -0.39 is 5.60 Å². The maximum atomic E-state index is 10.7. The molecular weight excluding hydrogens is 380 g/mol. The van der Waals surface area contributed by atoms with Crippen LogP contribution in [0.15, 0.2) is 84.9 Å². The molecule has 0 fully saturated rings. The normalized spacial score (nSPS) is 11.4. The van der Waals surface area contributed by atoms with Crippen LogP contribution in [-0.4, -0.2) is 15.1 Å². The predicted molar refractivity (Wildman–Crippen MR) is 119 cm³/mol. The summed E-state index contributed by atoms with van der Waals surface area (Å²) >= 11 is 6.22. The molecule has 3 nitrogen and oxygen atoms in total. The van der Waals surface area contributed by atoms with Gasteiger partial charge in [0.05, 0.1) is 17.0 Å². The van der Waals surface area contributed by atoms with E-state index in [1.165, 1.54) is 0 Å². The van der Waals surface area contributed by atoms with Gasteiger partial charge in [-0.15, -0.1) is 0 Å². The zero-order valence-corrected chi connectivity index (χ0v) is 17.1. The molecule has 0 radical (unpaired) electrons. The third kappa shape index (κ3) is 4.21. The summed E-state index contributed by atoms with van der Waals surface area (Å²) in [6.45, 7) is 3.50. The van der Waals surface area contributed by atoms with E-state index in [2.05, 4.69) is 0 Å². The summed E-state index contributed by atoms with van der Waals surface area (Å²) in [5.74, 6) is 0.638. The number of aromatic nitrogens is 2. The second-order valence-electron chi connectivity index (χ2n) is 7.44. The van der Waals surface area contributed by atoms with E-state index >= 15 is 0 Å². The van der Waals surface area contributed by atoms with Crippen molar-refractivity contribution in [3.63, 3.8) is 0 Å². The Morgan fingerprint density at radius 1 is 0.724 bits per heavy atom. The fraction of sp³-hybridized carbons (Fsp3) is 0.120. The maximum absolute atomic E-state index is 10.7. The highest BCUT2D eigenvalue weighted by molar-refractivity contribution is 6.30. The molecule has 0 bridgehead atoms. The molecule has 3 aromatic carbocycles. The molecule has 0 amide bonds. The minimum atomic E-state index is -1.06. The van der Waals surface area contributed by atoms with Crippen molar-refractivity contribution in [1.82, 2.24) is 9.97 Å². The molecule has 4 aromatic rings. The molecule has 4 rings (SSSR count). The number of benzene rings is 3. The summed E-state index contributed by atoms with van der Waals surface area (Å²) in [6, 6.07) is 27.4. The molecular formula is C25H21ClN2O. The van der Waals surface area contributed by atoms with E-state index in [9.17, 15) is 5.11 Å². The first-order chi connectivity index (χ1) is 13.9. The fourth-order valence-corrected chi connectivity index (χ4v) is 3.48. The van der Waals surface area contributed by atoms with Crippen LogP contribution in [0.5, 0.6) is 0 Å². The van der Waals surface area contributed by atoms with Gasteiger partial charge in [-0.3, -0.25) is 0 Å². The van der Waals surface area contributed by atoms with Crippen LogP contribution >= 0.6 is 11.6 Å². The van der Waals surface area contributed by atoms with E-state index in [1.807, 2.05) is 78.9 Å². The molecule has 1 aromatic heterocycles. The number of aliphatic hydroxyl groups is 1. The predicted octanol–water partition coefficient (Wildman–Crippen LogP) is 6.36. The molecule has 0 saturated heterocycles. The van der Waals surface area contributed by atoms with Gasteiger partial charge in [0.2, 0.25) is 0 Å². The molecule has 0 aliphatic heterocycles. The number of hydrogen-bond acceptors (Lipinski definition) is 3. The van der Waals surface area contributed by atoms with Gasteiger partial charge in [-0.25, -0.2) is 9.97 Å². The summed E-state index contributed by atoms with van der Waals surface area (Å²) in [5, 5.41) is 11.3. The monoisotopic (exact) mass is 400 g/mol. The molecule has 1 heterocycles. The SMILES string of the molecule is CC(C)(O)c1cc(Cl)ccc1-c1cc(-c2ccccc2)nc(-c2ccccc2)n1. The molecule has 144 valence electrons. The smallest absolute Gasteiger partial charge is 0.160 e. The Hall–Kier alpha value is -3.01. The summed E-state index contributed by atoms with van der Waals surface area (Å²) in [5.41, 5.74) is 4.00. The standard InChI is InChI=1S/C25H21ClN2O/c1-25(2,29)21-15-19(26)13-14-20(21)23-16-22(17-9-5-3-6-10-17)27-24(28-23)18-11-7-4-8-12-18/h3-16,29H,1-2H3. The first-order valence-corrected chi connectivity index (χ1v) is 9.82. The van der Waals surface area contributed by atoms with Gasteiger partial charge in [-0.05, 0) is 37.6 Å². The molecule has 0 atom stereocenters. The summed E-state index contributed by atoms with van der Waals surface area (Å²) in [7, 11) is 0. The van der Waals surface area contributed by atoms with Crippen molar-refractivity contribution >= 4 is 11.6 Å². The lowest BCUT2D eigenvalue weighted by Crippen LogP contribution is -2.17. The van der Waals surface area contributed by atoms with Crippen LogP contribution in [0.1, 0.15) is 19.4 Å². The van der Waals surface area contributed by atoms with E-state index in [-0.39, 0.29) is 0 Å². The second kappa shape index (κ2) is 7.78. The van der Waals surface area contributed by atoms with Gasteiger partial charge in [-0.1, -0.05) is 78.3 Å². The maximum Gasteiger partial charge on any atom is 0.160 e. The van der Waals surface area contributed by atoms with Gasteiger partial charge < -0.3 is 5.11 Å². The summed E-state index contributed by atoms with van der Waals surface area (Å²) < 4.78 is 0. The van der Waals surface area contributed by atoms with Gasteiger partial charge in [0.1, 0.15) is 0 Å². The minimum absolute atomic E-state index is 0.575. The Morgan fingerprint density at radius 2 is 1.31 bits per heavy atom.